The lowest BCUT2D eigenvalue weighted by Crippen LogP contribution is -2.29. The van der Waals surface area contributed by atoms with E-state index in [-0.39, 0.29) is 18.0 Å². The highest BCUT2D eigenvalue weighted by molar-refractivity contribution is 5.87. The summed E-state index contributed by atoms with van der Waals surface area (Å²) in [6, 6.07) is 5.06. The smallest absolute Gasteiger partial charge is 0.330 e. The number of nitrogens with one attached hydrogen (secondary N) is 3. The van der Waals surface area contributed by atoms with E-state index in [2.05, 4.69) is 27.7 Å². The van der Waals surface area contributed by atoms with Gasteiger partial charge in [0.1, 0.15) is 12.3 Å². The lowest BCUT2D eigenvalue weighted by molar-refractivity contribution is -0.125. The lowest BCUT2D eigenvalue weighted by Gasteiger charge is -2.16. The van der Waals surface area contributed by atoms with Crippen molar-refractivity contribution in [2.75, 3.05) is 13.1 Å². The van der Waals surface area contributed by atoms with Gasteiger partial charge in [0.2, 0.25) is 11.8 Å². The van der Waals surface area contributed by atoms with E-state index in [1.165, 1.54) is 6.08 Å². The summed E-state index contributed by atoms with van der Waals surface area (Å²) in [6.07, 6.45) is 1.59. The van der Waals surface area contributed by atoms with E-state index in [9.17, 15) is 9.59 Å². The number of pyridine rings is 1. The second kappa shape index (κ2) is 6.02. The van der Waals surface area contributed by atoms with E-state index >= 15 is 0 Å². The molecule has 0 radical (unpaired) electrons. The molecule has 2 fully saturated rings. The number of urea groups is 1. The molecule has 0 aromatic carbocycles. The number of nitrogens with zero attached hydrogens (tertiary/aromatic N) is 2. The molecule has 0 aliphatic carbocycles. The Morgan fingerprint density at radius 2 is 2.36 bits per heavy atom. The molecule has 3 heterocycles. The standard InChI is InChI=1S/C14H17N5O3/c1-2-12(20)19-7-6-9(8-19)22-11-5-3-4-10(15-11)13-16-14(21)18-17-13/h2-5,9,13,17H,1,6-8H2,(H2,16,18,21)/t9-,13?/m0/s1. The van der Waals surface area contributed by atoms with E-state index in [1.807, 2.05) is 6.07 Å². The van der Waals surface area contributed by atoms with Crippen molar-refractivity contribution in [3.8, 4) is 5.88 Å². The maximum absolute atomic E-state index is 11.6. The number of hydrazine groups is 1. The maximum Gasteiger partial charge on any atom is 0.330 e. The molecule has 22 heavy (non-hydrogen) atoms. The number of carbonyl (C=O) groups is 2. The van der Waals surface area contributed by atoms with Gasteiger partial charge in [-0.1, -0.05) is 12.6 Å². The fourth-order valence-electron chi connectivity index (χ4n) is 2.47. The van der Waals surface area contributed by atoms with E-state index in [4.69, 9.17) is 4.74 Å². The van der Waals surface area contributed by atoms with Crippen LogP contribution < -0.4 is 20.9 Å². The average Bonchev–Trinajstić information content (AvgIpc) is 3.16. The molecule has 3 rings (SSSR count). The third-order valence-electron chi connectivity index (χ3n) is 3.57. The largest absolute Gasteiger partial charge is 0.472 e. The van der Waals surface area contributed by atoms with Crippen molar-refractivity contribution in [1.29, 1.82) is 0 Å². The van der Waals surface area contributed by atoms with E-state index in [0.717, 1.165) is 6.42 Å². The molecule has 116 valence electrons. The highest BCUT2D eigenvalue weighted by atomic mass is 16.5. The first kappa shape index (κ1) is 14.3. The number of likely N-dealkylation sites (tertiary alicyclic amines) is 1. The monoisotopic (exact) mass is 303 g/mol. The van der Waals surface area contributed by atoms with Crippen molar-refractivity contribution < 1.29 is 14.3 Å². The van der Waals surface area contributed by atoms with Gasteiger partial charge in [0.05, 0.1) is 12.2 Å². The molecule has 3 N–H and O–H groups in total. The van der Waals surface area contributed by atoms with Crippen LogP contribution in [0.2, 0.25) is 0 Å². The molecule has 1 aromatic heterocycles. The zero-order valence-corrected chi connectivity index (χ0v) is 11.9. The van der Waals surface area contributed by atoms with Crippen LogP contribution in [-0.2, 0) is 4.79 Å². The third-order valence-corrected chi connectivity index (χ3v) is 3.57. The highest BCUT2D eigenvalue weighted by Gasteiger charge is 2.27. The van der Waals surface area contributed by atoms with Crippen molar-refractivity contribution in [2.24, 2.45) is 0 Å². The van der Waals surface area contributed by atoms with Gasteiger partial charge in [-0.15, -0.1) is 0 Å². The molecule has 8 nitrogen and oxygen atoms in total. The fraction of sp³-hybridized carbons (Fsp3) is 0.357. The summed E-state index contributed by atoms with van der Waals surface area (Å²) >= 11 is 0. The van der Waals surface area contributed by atoms with Gasteiger partial charge >= 0.3 is 6.03 Å². The number of hydrogen-bond donors (Lipinski definition) is 3. The average molecular weight is 303 g/mol. The number of aromatic nitrogens is 1. The van der Waals surface area contributed by atoms with Crippen LogP contribution in [0.3, 0.4) is 0 Å². The molecular weight excluding hydrogens is 286 g/mol. The van der Waals surface area contributed by atoms with Crippen LogP contribution in [0.15, 0.2) is 30.9 Å². The van der Waals surface area contributed by atoms with E-state index < -0.39 is 6.17 Å². The Morgan fingerprint density at radius 3 is 3.09 bits per heavy atom. The quantitative estimate of drug-likeness (QED) is 0.684. The maximum atomic E-state index is 11.6. The fourth-order valence-corrected chi connectivity index (χ4v) is 2.47. The minimum absolute atomic E-state index is 0.0863. The topological polar surface area (TPSA) is 95.6 Å². The zero-order chi connectivity index (χ0) is 15.5. The zero-order valence-electron chi connectivity index (χ0n) is 11.9. The Hall–Kier alpha value is -2.61. The second-order valence-electron chi connectivity index (χ2n) is 5.09. The highest BCUT2D eigenvalue weighted by Crippen LogP contribution is 2.19. The molecule has 0 spiro atoms. The van der Waals surface area contributed by atoms with Crippen molar-refractivity contribution in [3.63, 3.8) is 0 Å². The van der Waals surface area contributed by atoms with Crippen LogP contribution in [-0.4, -0.2) is 41.0 Å². The van der Waals surface area contributed by atoms with Gasteiger partial charge in [-0.3, -0.25) is 10.2 Å². The van der Waals surface area contributed by atoms with E-state index in [1.54, 1.807) is 17.0 Å². The first-order chi connectivity index (χ1) is 10.7. The molecular formula is C14H17N5O3. The van der Waals surface area contributed by atoms with Gasteiger partial charge in [0.15, 0.2) is 0 Å². The molecule has 0 saturated carbocycles. The number of hydrogen-bond acceptors (Lipinski definition) is 5. The Kier molecular flexibility index (Phi) is 3.92. The Bertz CT molecular complexity index is 606. The summed E-state index contributed by atoms with van der Waals surface area (Å²) in [5.41, 5.74) is 5.88. The third kappa shape index (κ3) is 3.01. The molecule has 8 heteroatoms. The van der Waals surface area contributed by atoms with E-state index in [0.29, 0.717) is 24.7 Å². The SMILES string of the molecule is C=CC(=O)N1CC[C@H](Oc2cccc(C3NNC(=O)N3)n2)C1. The summed E-state index contributed by atoms with van der Waals surface area (Å²) in [5, 5.41) is 2.68. The first-order valence-electron chi connectivity index (χ1n) is 7.02. The Labute approximate surface area is 127 Å². The molecule has 2 aliphatic rings. The number of ether oxygens (including phenoxy) is 1. The first-order valence-corrected chi connectivity index (χ1v) is 7.02. The summed E-state index contributed by atoms with van der Waals surface area (Å²) in [4.78, 5) is 28.8. The van der Waals surface area contributed by atoms with Crippen molar-refractivity contribution in [1.82, 2.24) is 26.1 Å². The van der Waals surface area contributed by atoms with Crippen molar-refractivity contribution in [3.05, 3.63) is 36.5 Å². The lowest BCUT2D eigenvalue weighted by atomic mass is 10.3. The van der Waals surface area contributed by atoms with Gasteiger partial charge < -0.3 is 15.0 Å². The summed E-state index contributed by atoms with van der Waals surface area (Å²) < 4.78 is 5.83. The van der Waals surface area contributed by atoms with Crippen molar-refractivity contribution in [2.45, 2.75) is 18.7 Å². The normalized spacial score (nSPS) is 23.8. The molecule has 0 bridgehead atoms. The molecule has 2 saturated heterocycles. The summed E-state index contributed by atoms with van der Waals surface area (Å²) in [7, 11) is 0. The van der Waals surface area contributed by atoms with Gasteiger partial charge in [0, 0.05) is 19.0 Å². The molecule has 2 aliphatic heterocycles. The van der Waals surface area contributed by atoms with Crippen LogP contribution in [0.25, 0.3) is 0 Å². The predicted octanol–water partition coefficient (Wildman–Crippen LogP) is 0.0633. The van der Waals surface area contributed by atoms with Crippen LogP contribution in [0.5, 0.6) is 5.88 Å². The molecule has 1 aromatic rings. The van der Waals surface area contributed by atoms with Crippen LogP contribution >= 0.6 is 0 Å². The Morgan fingerprint density at radius 1 is 1.50 bits per heavy atom. The minimum Gasteiger partial charge on any atom is -0.472 e. The van der Waals surface area contributed by atoms with Gasteiger partial charge in [-0.2, -0.15) is 0 Å². The van der Waals surface area contributed by atoms with Gasteiger partial charge in [-0.25, -0.2) is 15.2 Å². The predicted molar refractivity (Wildman–Crippen MR) is 77.6 cm³/mol. The summed E-state index contributed by atoms with van der Waals surface area (Å²) in [5.74, 6) is 0.384. The molecule has 1 unspecified atom stereocenters. The van der Waals surface area contributed by atoms with Gasteiger partial charge in [-0.05, 0) is 12.1 Å². The molecule has 3 amide bonds. The van der Waals surface area contributed by atoms with Crippen LogP contribution in [0.4, 0.5) is 4.79 Å². The van der Waals surface area contributed by atoms with Gasteiger partial charge in [0.25, 0.3) is 0 Å². The molecule has 2 atom stereocenters. The number of amides is 3. The second-order valence-corrected chi connectivity index (χ2v) is 5.09. The van der Waals surface area contributed by atoms with Crippen molar-refractivity contribution >= 4 is 11.9 Å². The number of rotatable bonds is 4. The minimum atomic E-state index is -0.390. The van der Waals surface area contributed by atoms with Crippen LogP contribution in [0, 0.1) is 0 Å². The summed E-state index contributed by atoms with van der Waals surface area (Å²) in [6.45, 7) is 4.66. The Balaban J connectivity index is 1.63. The number of carbonyl (C=O) groups excluding carboxylic acids is 2. The van der Waals surface area contributed by atoms with Crippen LogP contribution in [0.1, 0.15) is 18.3 Å².